The summed E-state index contributed by atoms with van der Waals surface area (Å²) < 4.78 is 5.75. The van der Waals surface area contributed by atoms with Gasteiger partial charge in [0.05, 0.1) is 18.2 Å². The van der Waals surface area contributed by atoms with Crippen molar-refractivity contribution in [1.82, 2.24) is 5.32 Å². The van der Waals surface area contributed by atoms with Crippen molar-refractivity contribution in [3.63, 3.8) is 0 Å². The summed E-state index contributed by atoms with van der Waals surface area (Å²) in [4.78, 5) is 10.5. The van der Waals surface area contributed by atoms with Gasteiger partial charge in [-0.15, -0.1) is 0 Å². The molecule has 2 atom stereocenters. The Hall–Kier alpha value is -2.84. The van der Waals surface area contributed by atoms with Crippen LogP contribution in [0.3, 0.4) is 0 Å². The summed E-state index contributed by atoms with van der Waals surface area (Å²) in [7, 11) is 0. The lowest BCUT2D eigenvalue weighted by Gasteiger charge is -2.08. The zero-order valence-electron chi connectivity index (χ0n) is 13.1. The lowest BCUT2D eigenvalue weighted by atomic mass is 10.1. The van der Waals surface area contributed by atoms with Crippen molar-refractivity contribution in [1.29, 1.82) is 5.26 Å². The molecule has 1 saturated carbocycles. The minimum Gasteiger partial charge on any atom is -0.489 e. The van der Waals surface area contributed by atoms with Crippen LogP contribution >= 0.6 is 0 Å². The zero-order valence-corrected chi connectivity index (χ0v) is 13.1. The van der Waals surface area contributed by atoms with Crippen LogP contribution in [0.2, 0.25) is 0 Å². The molecule has 5 nitrogen and oxygen atoms in total. The second-order valence-corrected chi connectivity index (χ2v) is 5.89. The first-order valence-electron chi connectivity index (χ1n) is 7.82. The largest absolute Gasteiger partial charge is 0.489 e. The Balaban J connectivity index is 1.50. The lowest BCUT2D eigenvalue weighted by Crippen LogP contribution is -2.25. The molecular weight excluding hydrogens is 304 g/mol. The highest BCUT2D eigenvalue weighted by Crippen LogP contribution is 2.41. The molecule has 1 aliphatic carbocycles. The fraction of sp³-hybridized carbons (Fsp3) is 0.263. The molecule has 0 aromatic heterocycles. The van der Waals surface area contributed by atoms with Crippen LogP contribution in [0.15, 0.2) is 48.5 Å². The number of benzene rings is 2. The first kappa shape index (κ1) is 16.0. The van der Waals surface area contributed by atoms with Gasteiger partial charge in [0.2, 0.25) is 0 Å². The van der Waals surface area contributed by atoms with Gasteiger partial charge in [0.25, 0.3) is 0 Å². The quantitative estimate of drug-likeness (QED) is 0.819. The predicted octanol–water partition coefficient (Wildman–Crippen LogP) is 2.67. The third-order valence-corrected chi connectivity index (χ3v) is 4.10. The summed E-state index contributed by atoms with van der Waals surface area (Å²) in [6.45, 7) is 0.463. The van der Waals surface area contributed by atoms with E-state index >= 15 is 0 Å². The van der Waals surface area contributed by atoms with Crippen LogP contribution < -0.4 is 10.1 Å². The number of nitrogens with one attached hydrogen (secondary N) is 1. The standard InChI is InChI=1S/C19H18N2O3/c20-10-13-1-3-14(4-2-13)12-24-16-7-5-15(6-8-16)17-9-18(17)21-11-19(22)23/h1-8,17-18,21H,9,11-12H2,(H,22,23). The van der Waals surface area contributed by atoms with Gasteiger partial charge in [0.1, 0.15) is 12.4 Å². The average Bonchev–Trinajstić information content (AvgIpc) is 3.39. The van der Waals surface area contributed by atoms with E-state index in [0.717, 1.165) is 17.7 Å². The highest BCUT2D eigenvalue weighted by molar-refractivity contribution is 5.69. The van der Waals surface area contributed by atoms with E-state index in [1.165, 1.54) is 5.56 Å². The minimum absolute atomic E-state index is 0.00690. The maximum absolute atomic E-state index is 10.5. The second kappa shape index (κ2) is 7.16. The number of hydrogen-bond acceptors (Lipinski definition) is 4. The van der Waals surface area contributed by atoms with Gasteiger partial charge in [-0.2, -0.15) is 5.26 Å². The molecule has 0 heterocycles. The Bertz CT molecular complexity index is 748. The number of aliphatic carboxylic acids is 1. The molecule has 2 aromatic carbocycles. The number of nitrogens with zero attached hydrogens (tertiary/aromatic N) is 1. The molecule has 0 amide bonds. The Labute approximate surface area is 140 Å². The topological polar surface area (TPSA) is 82.3 Å². The normalized spacial score (nSPS) is 18.6. The molecule has 0 aliphatic heterocycles. The van der Waals surface area contributed by atoms with E-state index in [9.17, 15) is 4.79 Å². The van der Waals surface area contributed by atoms with Crippen LogP contribution in [-0.4, -0.2) is 23.7 Å². The average molecular weight is 322 g/mol. The van der Waals surface area contributed by atoms with Gasteiger partial charge in [-0.25, -0.2) is 0 Å². The molecule has 0 radical (unpaired) electrons. The van der Waals surface area contributed by atoms with Crippen LogP contribution in [-0.2, 0) is 11.4 Å². The van der Waals surface area contributed by atoms with Gasteiger partial charge in [-0.3, -0.25) is 4.79 Å². The Morgan fingerprint density at radius 1 is 1.21 bits per heavy atom. The summed E-state index contributed by atoms with van der Waals surface area (Å²) in [6, 6.07) is 17.6. The maximum atomic E-state index is 10.5. The number of nitriles is 1. The summed E-state index contributed by atoms with van der Waals surface area (Å²) in [5, 5.41) is 20.5. The SMILES string of the molecule is N#Cc1ccc(COc2ccc(C3CC3NCC(=O)O)cc2)cc1. The second-order valence-electron chi connectivity index (χ2n) is 5.89. The van der Waals surface area contributed by atoms with Gasteiger partial charge in [-0.1, -0.05) is 24.3 Å². The van der Waals surface area contributed by atoms with E-state index in [1.54, 1.807) is 12.1 Å². The zero-order chi connectivity index (χ0) is 16.9. The van der Waals surface area contributed by atoms with Gasteiger partial charge < -0.3 is 15.2 Å². The van der Waals surface area contributed by atoms with Crippen LogP contribution in [0.5, 0.6) is 5.75 Å². The highest BCUT2D eigenvalue weighted by atomic mass is 16.5. The van der Waals surface area contributed by atoms with Crippen molar-refractivity contribution in [3.05, 3.63) is 65.2 Å². The number of rotatable bonds is 7. The number of carboxylic acids is 1. The van der Waals surface area contributed by atoms with Gasteiger partial charge >= 0.3 is 5.97 Å². The maximum Gasteiger partial charge on any atom is 0.317 e. The van der Waals surface area contributed by atoms with Gasteiger partial charge in [0.15, 0.2) is 0 Å². The molecule has 3 rings (SSSR count). The smallest absolute Gasteiger partial charge is 0.317 e. The van der Waals surface area contributed by atoms with Crippen molar-refractivity contribution in [2.75, 3.05) is 6.54 Å². The molecule has 2 unspecified atom stereocenters. The molecule has 24 heavy (non-hydrogen) atoms. The molecule has 1 fully saturated rings. The number of hydrogen-bond donors (Lipinski definition) is 2. The lowest BCUT2D eigenvalue weighted by molar-refractivity contribution is -0.136. The van der Waals surface area contributed by atoms with Crippen molar-refractivity contribution in [2.24, 2.45) is 0 Å². The molecule has 2 aromatic rings. The van der Waals surface area contributed by atoms with Gasteiger partial charge in [-0.05, 0) is 41.8 Å². The van der Waals surface area contributed by atoms with E-state index in [-0.39, 0.29) is 12.6 Å². The Morgan fingerprint density at radius 2 is 1.92 bits per heavy atom. The first-order chi connectivity index (χ1) is 11.7. The molecule has 2 N–H and O–H groups in total. The summed E-state index contributed by atoms with van der Waals surface area (Å²) >= 11 is 0. The van der Waals surface area contributed by atoms with E-state index < -0.39 is 5.97 Å². The van der Waals surface area contributed by atoms with Crippen molar-refractivity contribution < 1.29 is 14.6 Å². The number of ether oxygens (including phenoxy) is 1. The molecular formula is C19H18N2O3. The molecule has 0 bridgehead atoms. The van der Waals surface area contributed by atoms with Gasteiger partial charge in [0, 0.05) is 12.0 Å². The van der Waals surface area contributed by atoms with Crippen LogP contribution in [0.25, 0.3) is 0 Å². The minimum atomic E-state index is -0.827. The van der Waals surface area contributed by atoms with Crippen LogP contribution in [0.1, 0.15) is 29.0 Å². The number of carbonyl (C=O) groups is 1. The Kier molecular flexibility index (Phi) is 4.78. The fourth-order valence-corrected chi connectivity index (χ4v) is 2.66. The summed E-state index contributed by atoms with van der Waals surface area (Å²) in [5.41, 5.74) is 2.85. The van der Waals surface area contributed by atoms with E-state index in [1.807, 2.05) is 36.4 Å². The molecule has 1 aliphatic rings. The number of carboxylic acid groups (broad SMARTS) is 1. The third-order valence-electron chi connectivity index (χ3n) is 4.10. The highest BCUT2D eigenvalue weighted by Gasteiger charge is 2.38. The monoisotopic (exact) mass is 322 g/mol. The third kappa shape index (κ3) is 4.12. The summed E-state index contributed by atoms with van der Waals surface area (Å²) in [5.74, 6) is 0.350. The van der Waals surface area contributed by atoms with Crippen molar-refractivity contribution in [2.45, 2.75) is 25.0 Å². The molecule has 5 heteroatoms. The van der Waals surface area contributed by atoms with Crippen molar-refractivity contribution in [3.8, 4) is 11.8 Å². The van der Waals surface area contributed by atoms with E-state index in [0.29, 0.717) is 18.1 Å². The van der Waals surface area contributed by atoms with Crippen LogP contribution in [0, 0.1) is 11.3 Å². The first-order valence-corrected chi connectivity index (χ1v) is 7.82. The Morgan fingerprint density at radius 3 is 2.54 bits per heavy atom. The molecule has 122 valence electrons. The molecule has 0 saturated heterocycles. The van der Waals surface area contributed by atoms with E-state index in [4.69, 9.17) is 15.1 Å². The predicted molar refractivity (Wildman–Crippen MR) is 88.7 cm³/mol. The fourth-order valence-electron chi connectivity index (χ4n) is 2.66. The molecule has 0 spiro atoms. The van der Waals surface area contributed by atoms with Crippen LogP contribution in [0.4, 0.5) is 0 Å². The summed E-state index contributed by atoms with van der Waals surface area (Å²) in [6.07, 6.45) is 0.971. The van der Waals surface area contributed by atoms with E-state index in [2.05, 4.69) is 11.4 Å². The van der Waals surface area contributed by atoms with Crippen molar-refractivity contribution >= 4 is 5.97 Å².